The van der Waals surface area contributed by atoms with Gasteiger partial charge in [0.1, 0.15) is 6.23 Å². The summed E-state index contributed by atoms with van der Waals surface area (Å²) in [6.45, 7) is 6.67. The molecule has 0 saturated carbocycles. The number of anilines is 1. The van der Waals surface area contributed by atoms with Crippen molar-refractivity contribution >= 4 is 11.7 Å². The maximum atomic E-state index is 12.5. The molecule has 3 aliphatic rings. The molecule has 1 aromatic carbocycles. The van der Waals surface area contributed by atoms with E-state index < -0.39 is 0 Å². The number of urea groups is 1. The first kappa shape index (κ1) is 20.0. The van der Waals surface area contributed by atoms with Crippen LogP contribution in [0.4, 0.5) is 10.5 Å². The number of likely N-dealkylation sites (tertiary alicyclic amines) is 2. The van der Waals surface area contributed by atoms with E-state index in [1.54, 1.807) is 0 Å². The highest BCUT2D eigenvalue weighted by atomic mass is 16.5. The Labute approximate surface area is 173 Å². The van der Waals surface area contributed by atoms with Crippen molar-refractivity contribution in [2.45, 2.75) is 31.9 Å². The van der Waals surface area contributed by atoms with Crippen molar-refractivity contribution in [3.63, 3.8) is 0 Å². The quantitative estimate of drug-likeness (QED) is 0.721. The van der Waals surface area contributed by atoms with Crippen molar-refractivity contribution in [1.82, 2.24) is 15.1 Å². The molecule has 29 heavy (non-hydrogen) atoms. The highest BCUT2D eigenvalue weighted by Crippen LogP contribution is 2.31. The van der Waals surface area contributed by atoms with Gasteiger partial charge in [0.05, 0.1) is 11.6 Å². The first-order chi connectivity index (χ1) is 14.2. The molecule has 3 heterocycles. The third-order valence-corrected chi connectivity index (χ3v) is 6.31. The monoisotopic (exact) mass is 397 g/mol. The van der Waals surface area contributed by atoms with Gasteiger partial charge in [0, 0.05) is 45.0 Å². The number of fused-ring (bicyclic) bond motifs is 1. The van der Waals surface area contributed by atoms with Crippen molar-refractivity contribution < 1.29 is 9.53 Å². The molecule has 3 unspecified atom stereocenters. The first-order valence-electron chi connectivity index (χ1n) is 10.8. The number of amides is 2. The molecule has 3 fully saturated rings. The van der Waals surface area contributed by atoms with Crippen molar-refractivity contribution in [3.8, 4) is 6.07 Å². The molecule has 2 N–H and O–H groups in total. The van der Waals surface area contributed by atoms with E-state index in [-0.39, 0.29) is 12.3 Å². The molecule has 2 amide bonds. The predicted molar refractivity (Wildman–Crippen MR) is 111 cm³/mol. The zero-order chi connectivity index (χ0) is 20.1. The molecule has 3 saturated heterocycles. The van der Waals surface area contributed by atoms with Crippen LogP contribution in [0.25, 0.3) is 0 Å². The average molecular weight is 398 g/mol. The molecule has 0 aliphatic carbocycles. The van der Waals surface area contributed by atoms with Gasteiger partial charge < -0.3 is 25.2 Å². The Kier molecular flexibility index (Phi) is 6.53. The van der Waals surface area contributed by atoms with Crippen LogP contribution in [0.3, 0.4) is 0 Å². The van der Waals surface area contributed by atoms with Gasteiger partial charge in [-0.15, -0.1) is 0 Å². The van der Waals surface area contributed by atoms with Crippen LogP contribution < -0.4 is 10.6 Å². The zero-order valence-corrected chi connectivity index (χ0v) is 17.0. The number of ether oxygens (including phenoxy) is 1. The maximum Gasteiger partial charge on any atom is 0.319 e. The third kappa shape index (κ3) is 5.20. The van der Waals surface area contributed by atoms with E-state index in [1.165, 1.54) is 0 Å². The van der Waals surface area contributed by atoms with Crippen LogP contribution in [0.5, 0.6) is 0 Å². The van der Waals surface area contributed by atoms with Gasteiger partial charge in [-0.2, -0.15) is 5.26 Å². The Morgan fingerprint density at radius 3 is 2.55 bits per heavy atom. The normalized spacial score (nSPS) is 26.7. The summed E-state index contributed by atoms with van der Waals surface area (Å²) >= 11 is 0. The smallest absolute Gasteiger partial charge is 0.319 e. The van der Waals surface area contributed by atoms with Gasteiger partial charge in [0.2, 0.25) is 0 Å². The van der Waals surface area contributed by atoms with E-state index in [0.717, 1.165) is 77.2 Å². The lowest BCUT2D eigenvalue weighted by Gasteiger charge is -2.27. The Hall–Kier alpha value is -2.30. The number of benzene rings is 1. The first-order valence-corrected chi connectivity index (χ1v) is 10.8. The summed E-state index contributed by atoms with van der Waals surface area (Å²) in [6, 6.07) is 9.77. The lowest BCUT2D eigenvalue weighted by atomic mass is 10.0. The fourth-order valence-corrected chi connectivity index (χ4v) is 4.72. The third-order valence-electron chi connectivity index (χ3n) is 6.31. The molecule has 0 spiro atoms. The predicted octanol–water partition coefficient (Wildman–Crippen LogP) is 2.46. The number of nitrogens with one attached hydrogen (secondary N) is 2. The van der Waals surface area contributed by atoms with E-state index in [4.69, 9.17) is 10.00 Å². The molecule has 0 bridgehead atoms. The highest BCUT2D eigenvalue weighted by Gasteiger charge is 2.41. The van der Waals surface area contributed by atoms with Gasteiger partial charge in [0.25, 0.3) is 0 Å². The molecule has 7 heteroatoms. The van der Waals surface area contributed by atoms with Gasteiger partial charge in [-0.3, -0.25) is 0 Å². The Morgan fingerprint density at radius 2 is 1.90 bits per heavy atom. The van der Waals surface area contributed by atoms with E-state index in [2.05, 4.69) is 21.6 Å². The number of hydrogen-bond donors (Lipinski definition) is 2. The van der Waals surface area contributed by atoms with E-state index in [0.29, 0.717) is 17.4 Å². The average Bonchev–Trinajstić information content (AvgIpc) is 3.31. The second-order valence-electron chi connectivity index (χ2n) is 8.46. The summed E-state index contributed by atoms with van der Waals surface area (Å²) in [5.41, 5.74) is 1.75. The largest absolute Gasteiger partial charge is 0.385 e. The van der Waals surface area contributed by atoms with Crippen LogP contribution in [0, 0.1) is 23.2 Å². The van der Waals surface area contributed by atoms with Gasteiger partial charge in [0.15, 0.2) is 0 Å². The van der Waals surface area contributed by atoms with Gasteiger partial charge in [-0.1, -0.05) is 0 Å². The van der Waals surface area contributed by atoms with Gasteiger partial charge in [-0.05, 0) is 68.3 Å². The molecule has 4 rings (SSSR count). The topological polar surface area (TPSA) is 80.6 Å². The summed E-state index contributed by atoms with van der Waals surface area (Å²) in [5.74, 6) is 1.19. The molecule has 3 aliphatic heterocycles. The van der Waals surface area contributed by atoms with Gasteiger partial charge in [-0.25, -0.2) is 4.79 Å². The Balaban J connectivity index is 1.13. The molecule has 0 radical (unpaired) electrons. The second-order valence-corrected chi connectivity index (χ2v) is 8.46. The van der Waals surface area contributed by atoms with E-state index in [9.17, 15) is 4.79 Å². The summed E-state index contributed by atoms with van der Waals surface area (Å²) in [5, 5.41) is 15.3. The van der Waals surface area contributed by atoms with Crippen LogP contribution >= 0.6 is 0 Å². The van der Waals surface area contributed by atoms with Crippen molar-refractivity contribution in [2.24, 2.45) is 11.8 Å². The molecular weight excluding hydrogens is 366 g/mol. The van der Waals surface area contributed by atoms with E-state index >= 15 is 0 Å². The van der Waals surface area contributed by atoms with Crippen LogP contribution in [0.15, 0.2) is 24.3 Å². The minimum absolute atomic E-state index is 0.0458. The molecule has 0 aromatic heterocycles. The summed E-state index contributed by atoms with van der Waals surface area (Å²) in [6.07, 6.45) is 4.14. The second kappa shape index (κ2) is 9.47. The zero-order valence-electron chi connectivity index (χ0n) is 17.0. The lowest BCUT2D eigenvalue weighted by Crippen LogP contribution is -2.46. The van der Waals surface area contributed by atoms with Crippen molar-refractivity contribution in [1.29, 1.82) is 5.26 Å². The SMILES string of the molecule is N#Cc1ccc(NCCCN2CC3CN(C(=O)NC4CCCCO4)CC3C2)cc1. The molecule has 156 valence electrons. The van der Waals surface area contributed by atoms with Crippen LogP contribution in [-0.4, -0.2) is 67.9 Å². The lowest BCUT2D eigenvalue weighted by molar-refractivity contribution is -0.000362. The number of nitriles is 1. The van der Waals surface area contributed by atoms with Gasteiger partial charge >= 0.3 is 6.03 Å². The maximum absolute atomic E-state index is 12.5. The number of rotatable bonds is 6. The summed E-state index contributed by atoms with van der Waals surface area (Å²) in [4.78, 5) is 17.0. The highest BCUT2D eigenvalue weighted by molar-refractivity contribution is 5.74. The molecule has 1 aromatic rings. The minimum atomic E-state index is -0.100. The number of nitrogens with zero attached hydrogens (tertiary/aromatic N) is 3. The summed E-state index contributed by atoms with van der Waals surface area (Å²) < 4.78 is 5.63. The minimum Gasteiger partial charge on any atom is -0.385 e. The van der Waals surface area contributed by atoms with Crippen molar-refractivity contribution in [2.75, 3.05) is 51.2 Å². The summed E-state index contributed by atoms with van der Waals surface area (Å²) in [7, 11) is 0. The van der Waals surface area contributed by atoms with Crippen LogP contribution in [0.1, 0.15) is 31.2 Å². The standard InChI is InChI=1S/C22H31N5O2/c23-12-17-5-7-20(8-6-17)24-9-3-10-26-13-18-15-27(16-19(18)14-26)22(28)25-21-4-1-2-11-29-21/h5-8,18-19,21,24H,1-4,9-11,13-16H2,(H,25,28). The Morgan fingerprint density at radius 1 is 1.14 bits per heavy atom. The van der Waals surface area contributed by atoms with Crippen LogP contribution in [-0.2, 0) is 4.74 Å². The molecule has 7 nitrogen and oxygen atoms in total. The Bertz CT molecular complexity index is 712. The van der Waals surface area contributed by atoms with E-state index in [1.807, 2.05) is 29.2 Å². The van der Waals surface area contributed by atoms with Crippen LogP contribution in [0.2, 0.25) is 0 Å². The fraction of sp³-hybridized carbons (Fsp3) is 0.636. The van der Waals surface area contributed by atoms with Crippen molar-refractivity contribution in [3.05, 3.63) is 29.8 Å². The molecular formula is C22H31N5O2. The number of hydrogen-bond acceptors (Lipinski definition) is 5. The fourth-order valence-electron chi connectivity index (χ4n) is 4.72. The number of carbonyl (C=O) groups excluding carboxylic acids is 1. The number of carbonyl (C=O) groups is 1. The molecule has 3 atom stereocenters.